The molecule has 0 spiro atoms. The number of aromatic nitrogens is 2. The molecule has 18 heavy (non-hydrogen) atoms. The quantitative estimate of drug-likeness (QED) is 0.926. The number of hydrogen-bond donors (Lipinski definition) is 1. The second kappa shape index (κ2) is 4.90. The number of benzene rings is 1. The third kappa shape index (κ3) is 2.16. The first-order valence-corrected chi connectivity index (χ1v) is 6.22. The van der Waals surface area contributed by atoms with E-state index in [1.807, 2.05) is 42.8 Å². The van der Waals surface area contributed by atoms with Crippen molar-refractivity contribution in [3.8, 4) is 0 Å². The van der Waals surface area contributed by atoms with Crippen molar-refractivity contribution in [3.05, 3.63) is 50.9 Å². The maximum atomic E-state index is 12.0. The zero-order chi connectivity index (χ0) is 13.3. The average Bonchev–Trinajstić information content (AvgIpc) is 2.57. The molecule has 0 aliphatic rings. The summed E-state index contributed by atoms with van der Waals surface area (Å²) in [7, 11) is 0. The lowest BCUT2D eigenvalue weighted by atomic mass is 10.2. The largest absolute Gasteiger partial charge is 0.393 e. The van der Waals surface area contributed by atoms with Gasteiger partial charge in [-0.1, -0.05) is 23.7 Å². The van der Waals surface area contributed by atoms with Crippen molar-refractivity contribution in [2.24, 2.45) is 0 Å². The average molecular weight is 266 g/mol. The number of anilines is 1. The summed E-state index contributed by atoms with van der Waals surface area (Å²) in [5.74, 6) is 0. The summed E-state index contributed by atoms with van der Waals surface area (Å²) >= 11 is 5.84. The van der Waals surface area contributed by atoms with Crippen LogP contribution in [0.3, 0.4) is 0 Å². The Morgan fingerprint density at radius 1 is 1.22 bits per heavy atom. The molecule has 0 atom stereocenters. The van der Waals surface area contributed by atoms with Gasteiger partial charge in [0.2, 0.25) is 0 Å². The molecule has 2 N–H and O–H groups in total. The van der Waals surface area contributed by atoms with Crippen molar-refractivity contribution in [1.29, 1.82) is 0 Å². The normalized spacial score (nSPS) is 10.8. The summed E-state index contributed by atoms with van der Waals surface area (Å²) in [4.78, 5) is 12.0. The zero-order valence-electron chi connectivity index (χ0n) is 10.5. The summed E-state index contributed by atoms with van der Waals surface area (Å²) < 4.78 is 3.56. The van der Waals surface area contributed by atoms with E-state index in [0.29, 0.717) is 23.8 Å². The summed E-state index contributed by atoms with van der Waals surface area (Å²) in [6, 6.07) is 7.45. The Morgan fingerprint density at radius 2 is 1.83 bits per heavy atom. The highest BCUT2D eigenvalue weighted by Gasteiger charge is 2.13. The lowest BCUT2D eigenvalue weighted by Gasteiger charge is -2.11. The summed E-state index contributed by atoms with van der Waals surface area (Å²) in [6.07, 6.45) is 0. The van der Waals surface area contributed by atoms with Crippen LogP contribution in [0, 0.1) is 6.92 Å². The van der Waals surface area contributed by atoms with Gasteiger partial charge in [0.05, 0.1) is 12.2 Å². The second-order valence-electron chi connectivity index (χ2n) is 4.20. The molecule has 2 aromatic rings. The first kappa shape index (κ1) is 12.8. The molecule has 0 bridgehead atoms. The molecular formula is C13H16ClN3O. The van der Waals surface area contributed by atoms with Crippen LogP contribution in [0.2, 0.25) is 5.02 Å². The maximum absolute atomic E-state index is 12.0. The predicted molar refractivity (Wildman–Crippen MR) is 74.1 cm³/mol. The zero-order valence-corrected chi connectivity index (χ0v) is 11.2. The minimum atomic E-state index is -0.135. The van der Waals surface area contributed by atoms with Crippen LogP contribution in [0.5, 0.6) is 0 Å². The fourth-order valence-corrected chi connectivity index (χ4v) is 2.18. The third-order valence-corrected chi connectivity index (χ3v) is 3.33. The Labute approximate surface area is 111 Å². The first-order chi connectivity index (χ1) is 8.54. The van der Waals surface area contributed by atoms with E-state index < -0.39 is 0 Å². The minimum absolute atomic E-state index is 0.135. The molecule has 0 aliphatic carbocycles. The van der Waals surface area contributed by atoms with Crippen LogP contribution in [0.1, 0.15) is 18.2 Å². The number of nitrogen functional groups attached to an aromatic ring is 1. The fraction of sp³-hybridized carbons (Fsp3) is 0.308. The Morgan fingerprint density at radius 3 is 2.39 bits per heavy atom. The predicted octanol–water partition coefficient (Wildman–Crippen LogP) is 2.26. The molecule has 0 unspecified atom stereocenters. The molecule has 96 valence electrons. The van der Waals surface area contributed by atoms with Gasteiger partial charge in [-0.2, -0.15) is 0 Å². The molecule has 1 heterocycles. The van der Waals surface area contributed by atoms with E-state index in [2.05, 4.69) is 0 Å². The molecule has 1 aromatic carbocycles. The lowest BCUT2D eigenvalue weighted by molar-refractivity contribution is 0.480. The van der Waals surface area contributed by atoms with Gasteiger partial charge in [0.25, 0.3) is 5.56 Å². The monoisotopic (exact) mass is 265 g/mol. The van der Waals surface area contributed by atoms with E-state index in [-0.39, 0.29) is 5.56 Å². The highest BCUT2D eigenvalue weighted by atomic mass is 35.5. The Bertz CT molecular complexity index is 610. The van der Waals surface area contributed by atoms with Gasteiger partial charge < -0.3 is 5.73 Å². The van der Waals surface area contributed by atoms with Gasteiger partial charge >= 0.3 is 0 Å². The summed E-state index contributed by atoms with van der Waals surface area (Å²) in [5, 5.41) is 0.688. The van der Waals surface area contributed by atoms with Crippen molar-refractivity contribution in [1.82, 2.24) is 9.36 Å². The van der Waals surface area contributed by atoms with Crippen LogP contribution >= 0.6 is 11.6 Å². The summed E-state index contributed by atoms with van der Waals surface area (Å²) in [6.45, 7) is 5.07. The van der Waals surface area contributed by atoms with Crippen LogP contribution in [-0.2, 0) is 13.1 Å². The first-order valence-electron chi connectivity index (χ1n) is 5.84. The van der Waals surface area contributed by atoms with Gasteiger partial charge in [0, 0.05) is 11.6 Å². The van der Waals surface area contributed by atoms with E-state index in [1.54, 1.807) is 4.68 Å². The van der Waals surface area contributed by atoms with Crippen LogP contribution in [0.25, 0.3) is 0 Å². The third-order valence-electron chi connectivity index (χ3n) is 3.08. The minimum Gasteiger partial charge on any atom is -0.393 e. The van der Waals surface area contributed by atoms with Gasteiger partial charge in [-0.15, -0.1) is 0 Å². The van der Waals surface area contributed by atoms with Gasteiger partial charge in [0.15, 0.2) is 0 Å². The summed E-state index contributed by atoms with van der Waals surface area (Å²) in [5.41, 5.74) is 7.81. The molecule has 0 radical (unpaired) electrons. The number of nitrogens with two attached hydrogens (primary N) is 1. The molecule has 5 heteroatoms. The second-order valence-corrected chi connectivity index (χ2v) is 4.64. The van der Waals surface area contributed by atoms with Crippen molar-refractivity contribution < 1.29 is 0 Å². The van der Waals surface area contributed by atoms with E-state index in [9.17, 15) is 4.79 Å². The highest BCUT2D eigenvalue weighted by molar-refractivity contribution is 6.30. The number of rotatable bonds is 3. The molecule has 4 nitrogen and oxygen atoms in total. The van der Waals surface area contributed by atoms with E-state index in [0.717, 1.165) is 11.3 Å². The number of hydrogen-bond acceptors (Lipinski definition) is 2. The molecule has 0 saturated heterocycles. The molecule has 1 aromatic heterocycles. The molecule has 0 fully saturated rings. The molecule has 0 amide bonds. The standard InChI is InChI=1S/C13H16ClN3O/c1-3-16-9(2)12(15)13(18)17(16)8-10-4-6-11(14)7-5-10/h4-7H,3,8,15H2,1-2H3. The number of nitrogens with zero attached hydrogens (tertiary/aromatic N) is 2. The van der Waals surface area contributed by atoms with Crippen molar-refractivity contribution in [2.45, 2.75) is 26.9 Å². The van der Waals surface area contributed by atoms with Crippen molar-refractivity contribution in [3.63, 3.8) is 0 Å². The topological polar surface area (TPSA) is 52.9 Å². The Kier molecular flexibility index (Phi) is 3.48. The van der Waals surface area contributed by atoms with E-state index >= 15 is 0 Å². The van der Waals surface area contributed by atoms with Gasteiger partial charge in [-0.05, 0) is 31.5 Å². The van der Waals surface area contributed by atoms with E-state index in [1.165, 1.54) is 0 Å². The highest BCUT2D eigenvalue weighted by Crippen LogP contribution is 2.12. The Hall–Kier alpha value is -1.68. The molecular weight excluding hydrogens is 250 g/mol. The molecule has 0 saturated carbocycles. The van der Waals surface area contributed by atoms with Gasteiger partial charge in [-0.25, -0.2) is 4.68 Å². The van der Waals surface area contributed by atoms with Crippen molar-refractivity contribution >= 4 is 17.3 Å². The molecule has 0 aliphatic heterocycles. The van der Waals surface area contributed by atoms with Crippen LogP contribution in [-0.4, -0.2) is 9.36 Å². The van der Waals surface area contributed by atoms with Crippen LogP contribution in [0.15, 0.2) is 29.1 Å². The Balaban J connectivity index is 2.43. The maximum Gasteiger partial charge on any atom is 0.290 e. The van der Waals surface area contributed by atoms with Crippen LogP contribution in [0.4, 0.5) is 5.69 Å². The van der Waals surface area contributed by atoms with Crippen molar-refractivity contribution in [2.75, 3.05) is 5.73 Å². The van der Waals surface area contributed by atoms with Gasteiger partial charge in [0.1, 0.15) is 5.69 Å². The smallest absolute Gasteiger partial charge is 0.290 e. The number of halogens is 1. The van der Waals surface area contributed by atoms with Crippen LogP contribution < -0.4 is 11.3 Å². The fourth-order valence-electron chi connectivity index (χ4n) is 2.05. The SMILES string of the molecule is CCn1c(C)c(N)c(=O)n1Cc1ccc(Cl)cc1. The van der Waals surface area contributed by atoms with Gasteiger partial charge in [-0.3, -0.25) is 9.48 Å². The lowest BCUT2D eigenvalue weighted by Crippen LogP contribution is -2.24. The van der Waals surface area contributed by atoms with E-state index in [4.69, 9.17) is 17.3 Å². The molecule has 2 rings (SSSR count).